The Labute approximate surface area is 114 Å². The zero-order valence-corrected chi connectivity index (χ0v) is 12.6. The number of thioether (sulfide) groups is 1. The molecule has 100 valence electrons. The van der Waals surface area contributed by atoms with Gasteiger partial charge in [-0.25, -0.2) is 4.98 Å². The molecule has 0 saturated carbocycles. The van der Waals surface area contributed by atoms with Gasteiger partial charge in [0.2, 0.25) is 0 Å². The van der Waals surface area contributed by atoms with Crippen molar-refractivity contribution < 1.29 is 0 Å². The van der Waals surface area contributed by atoms with Crippen LogP contribution in [0, 0.1) is 11.3 Å². The predicted octanol–water partition coefficient (Wildman–Crippen LogP) is 2.57. The summed E-state index contributed by atoms with van der Waals surface area (Å²) in [6, 6.07) is 2.69. The molecule has 1 heterocycles. The average Bonchev–Trinajstić information content (AvgIpc) is 2.63. The van der Waals surface area contributed by atoms with Crippen LogP contribution in [-0.4, -0.2) is 26.4 Å². The van der Waals surface area contributed by atoms with Crippen LogP contribution in [0.1, 0.15) is 34.1 Å². The van der Waals surface area contributed by atoms with Crippen molar-refractivity contribution in [3.05, 3.63) is 12.4 Å². The maximum atomic E-state index is 9.32. The van der Waals surface area contributed by atoms with E-state index in [9.17, 15) is 5.26 Å². The second kappa shape index (κ2) is 6.26. The van der Waals surface area contributed by atoms with E-state index in [0.717, 1.165) is 11.6 Å². The summed E-state index contributed by atoms with van der Waals surface area (Å²) in [6.07, 6.45) is 4.52. The van der Waals surface area contributed by atoms with Crippen LogP contribution in [0.3, 0.4) is 0 Å². The van der Waals surface area contributed by atoms with Crippen molar-refractivity contribution in [2.24, 2.45) is 7.05 Å². The lowest BCUT2D eigenvalue weighted by Gasteiger charge is -2.28. The summed E-state index contributed by atoms with van der Waals surface area (Å²) in [5.74, 6) is 0. The van der Waals surface area contributed by atoms with Gasteiger partial charge in [-0.2, -0.15) is 5.26 Å². The number of imidazole rings is 1. The van der Waals surface area contributed by atoms with Crippen molar-refractivity contribution in [3.63, 3.8) is 0 Å². The van der Waals surface area contributed by atoms with Crippen molar-refractivity contribution in [1.29, 1.82) is 5.26 Å². The van der Waals surface area contributed by atoms with Gasteiger partial charge in [0.15, 0.2) is 5.16 Å². The van der Waals surface area contributed by atoms with E-state index in [1.165, 1.54) is 0 Å². The predicted molar refractivity (Wildman–Crippen MR) is 75.4 cm³/mol. The Morgan fingerprint density at radius 1 is 1.56 bits per heavy atom. The van der Waals surface area contributed by atoms with Gasteiger partial charge < -0.3 is 4.57 Å². The molecule has 0 amide bonds. The Balaban J connectivity index is 2.60. The third-order valence-corrected chi connectivity index (χ3v) is 3.81. The molecule has 0 radical (unpaired) electrons. The van der Waals surface area contributed by atoms with Gasteiger partial charge in [-0.15, -0.1) is 0 Å². The first-order chi connectivity index (χ1) is 8.36. The second-order valence-electron chi connectivity index (χ2n) is 5.20. The van der Waals surface area contributed by atoms with Crippen LogP contribution in [0.2, 0.25) is 0 Å². The number of aryl methyl sites for hydroxylation is 1. The zero-order valence-electron chi connectivity index (χ0n) is 11.8. The van der Waals surface area contributed by atoms with Gasteiger partial charge in [0.1, 0.15) is 5.54 Å². The van der Waals surface area contributed by atoms with E-state index >= 15 is 0 Å². The van der Waals surface area contributed by atoms with Crippen LogP contribution >= 0.6 is 11.8 Å². The maximum absolute atomic E-state index is 9.32. The fourth-order valence-electron chi connectivity index (χ4n) is 2.04. The molecule has 5 heteroatoms. The molecule has 0 aliphatic heterocycles. The van der Waals surface area contributed by atoms with Crippen molar-refractivity contribution in [1.82, 2.24) is 14.9 Å². The second-order valence-corrected chi connectivity index (χ2v) is 6.60. The highest BCUT2D eigenvalue weighted by Crippen LogP contribution is 2.27. The summed E-state index contributed by atoms with van der Waals surface area (Å²) in [5, 5.41) is 14.0. The summed E-state index contributed by atoms with van der Waals surface area (Å²) in [4.78, 5) is 4.30. The quantitative estimate of drug-likeness (QED) is 0.804. The van der Waals surface area contributed by atoms with E-state index in [1.807, 2.05) is 24.7 Å². The lowest BCUT2D eigenvalue weighted by Crippen LogP contribution is -2.46. The van der Waals surface area contributed by atoms with E-state index in [0.29, 0.717) is 11.3 Å². The first-order valence-electron chi connectivity index (χ1n) is 6.19. The molecule has 0 aliphatic carbocycles. The number of aromatic nitrogens is 2. The first kappa shape index (κ1) is 15.1. The fraction of sp³-hybridized carbons (Fsp3) is 0.692. The van der Waals surface area contributed by atoms with Gasteiger partial charge in [-0.05, 0) is 27.2 Å². The summed E-state index contributed by atoms with van der Waals surface area (Å²) in [5.41, 5.74) is -0.480. The molecule has 0 spiro atoms. The van der Waals surface area contributed by atoms with E-state index < -0.39 is 5.54 Å². The van der Waals surface area contributed by atoms with E-state index in [1.54, 1.807) is 18.0 Å². The van der Waals surface area contributed by atoms with Crippen LogP contribution in [0.5, 0.6) is 0 Å². The Morgan fingerprint density at radius 2 is 2.22 bits per heavy atom. The Morgan fingerprint density at radius 3 is 2.67 bits per heavy atom. The number of rotatable bonds is 6. The van der Waals surface area contributed by atoms with Gasteiger partial charge in [-0.1, -0.05) is 18.7 Å². The van der Waals surface area contributed by atoms with Gasteiger partial charge in [-0.3, -0.25) is 5.32 Å². The number of hydrogen-bond donors (Lipinski definition) is 1. The van der Waals surface area contributed by atoms with E-state index in [4.69, 9.17) is 0 Å². The topological polar surface area (TPSA) is 53.6 Å². The molecule has 1 N–H and O–H groups in total. The Kier molecular flexibility index (Phi) is 5.24. The number of hydrogen-bond acceptors (Lipinski definition) is 4. The zero-order chi connectivity index (χ0) is 13.8. The van der Waals surface area contributed by atoms with Crippen LogP contribution in [-0.2, 0) is 7.05 Å². The van der Waals surface area contributed by atoms with Gasteiger partial charge >= 0.3 is 0 Å². The molecule has 0 aromatic carbocycles. The maximum Gasteiger partial charge on any atom is 0.167 e. The van der Waals surface area contributed by atoms with Gasteiger partial charge in [0.05, 0.1) is 6.07 Å². The highest BCUT2D eigenvalue weighted by molar-refractivity contribution is 7.99. The molecule has 0 bridgehead atoms. The minimum Gasteiger partial charge on any atom is -0.329 e. The van der Waals surface area contributed by atoms with E-state index in [2.05, 4.69) is 37.1 Å². The highest BCUT2D eigenvalue weighted by Gasteiger charge is 2.27. The van der Waals surface area contributed by atoms with Crippen LogP contribution in [0.15, 0.2) is 17.6 Å². The lowest BCUT2D eigenvalue weighted by atomic mass is 9.97. The smallest absolute Gasteiger partial charge is 0.167 e. The van der Waals surface area contributed by atoms with Crippen LogP contribution < -0.4 is 5.32 Å². The minimum absolute atomic E-state index is 0.306. The molecule has 1 aromatic heterocycles. The standard InChI is InChI=1S/C13H22N4S/c1-10(2)16-13(4,9-14)8-11(3)18-12-15-6-7-17(12)5/h6-7,10-11,16H,8H2,1-5H3. The molecule has 4 nitrogen and oxygen atoms in total. The highest BCUT2D eigenvalue weighted by atomic mass is 32.2. The lowest BCUT2D eigenvalue weighted by molar-refractivity contribution is 0.382. The summed E-state index contributed by atoms with van der Waals surface area (Å²) in [7, 11) is 1.98. The molecule has 0 fully saturated rings. The average molecular weight is 266 g/mol. The number of nitriles is 1. The first-order valence-corrected chi connectivity index (χ1v) is 7.07. The molecule has 1 rings (SSSR count). The van der Waals surface area contributed by atoms with Crippen molar-refractivity contribution in [2.75, 3.05) is 0 Å². The van der Waals surface area contributed by atoms with Gasteiger partial charge in [0, 0.05) is 30.7 Å². The molecular formula is C13H22N4S. The molecule has 0 saturated heterocycles. The van der Waals surface area contributed by atoms with Crippen molar-refractivity contribution >= 4 is 11.8 Å². The molecule has 2 unspecified atom stereocenters. The van der Waals surface area contributed by atoms with Gasteiger partial charge in [0.25, 0.3) is 0 Å². The Bertz CT molecular complexity index is 421. The molecule has 0 aliphatic rings. The largest absolute Gasteiger partial charge is 0.329 e. The van der Waals surface area contributed by atoms with Crippen molar-refractivity contribution in [2.45, 2.75) is 56.1 Å². The molecule has 18 heavy (non-hydrogen) atoms. The fourth-order valence-corrected chi connectivity index (χ4v) is 3.16. The summed E-state index contributed by atoms with van der Waals surface area (Å²) < 4.78 is 2.00. The van der Waals surface area contributed by atoms with Crippen molar-refractivity contribution in [3.8, 4) is 6.07 Å². The van der Waals surface area contributed by atoms with Crippen LogP contribution in [0.4, 0.5) is 0 Å². The Hall–Kier alpha value is -0.990. The van der Waals surface area contributed by atoms with E-state index in [-0.39, 0.29) is 0 Å². The normalized spacial score (nSPS) is 16.3. The molecular weight excluding hydrogens is 244 g/mol. The van der Waals surface area contributed by atoms with Crippen LogP contribution in [0.25, 0.3) is 0 Å². The molecule has 1 aromatic rings. The SMILES string of the molecule is CC(C)NC(C)(C#N)CC(C)Sc1nccn1C. The third-order valence-electron chi connectivity index (χ3n) is 2.63. The third kappa shape index (κ3) is 4.35. The monoisotopic (exact) mass is 266 g/mol. The number of nitrogens with one attached hydrogen (secondary N) is 1. The number of nitrogens with zero attached hydrogens (tertiary/aromatic N) is 3. The summed E-state index contributed by atoms with van der Waals surface area (Å²) in [6.45, 7) is 8.22. The minimum atomic E-state index is -0.480. The summed E-state index contributed by atoms with van der Waals surface area (Å²) >= 11 is 1.71. The molecule has 2 atom stereocenters.